The summed E-state index contributed by atoms with van der Waals surface area (Å²) in [5, 5.41) is 6.92. The van der Waals surface area contributed by atoms with Crippen LogP contribution in [0.2, 0.25) is 0 Å². The third kappa shape index (κ3) is 4.38. The van der Waals surface area contributed by atoms with E-state index in [9.17, 15) is 0 Å². The number of fused-ring (bicyclic) bond motifs is 8. The van der Waals surface area contributed by atoms with Crippen LogP contribution in [0.15, 0.2) is 158 Å². The Bertz CT molecular complexity index is 2860. The molecule has 10 aromatic rings. The molecule has 6 aromatic heterocycles. The summed E-state index contributed by atoms with van der Waals surface area (Å²) in [5.74, 6) is 0. The lowest BCUT2D eigenvalue weighted by molar-refractivity contribution is 1.14. The molecule has 0 radical (unpaired) electrons. The van der Waals surface area contributed by atoms with Crippen LogP contribution in [-0.2, 0) is 0 Å². The molecule has 6 heterocycles. The van der Waals surface area contributed by atoms with E-state index in [0.29, 0.717) is 0 Å². The topological polar surface area (TPSA) is 69.4 Å². The van der Waals surface area contributed by atoms with E-state index < -0.39 is 0 Å². The van der Waals surface area contributed by atoms with Crippen molar-refractivity contribution >= 4 is 54.4 Å². The quantitative estimate of drug-likeness (QED) is 0.182. The van der Waals surface area contributed by atoms with Crippen LogP contribution >= 0.6 is 0 Å². The highest BCUT2D eigenvalue weighted by atomic mass is 15.0. The third-order valence-electron chi connectivity index (χ3n) is 9.42. The van der Waals surface area contributed by atoms with Crippen LogP contribution in [0.1, 0.15) is 0 Å². The molecule has 6 heteroatoms. The van der Waals surface area contributed by atoms with E-state index in [1.54, 1.807) is 6.20 Å². The minimum absolute atomic E-state index is 0.844. The minimum Gasteiger partial charge on any atom is -0.308 e. The van der Waals surface area contributed by atoms with Crippen molar-refractivity contribution in [1.29, 1.82) is 0 Å². The monoisotopic (exact) mass is 626 g/mol. The first kappa shape index (κ1) is 27.3. The normalized spacial score (nSPS) is 11.7. The molecule has 0 aliphatic carbocycles. The van der Waals surface area contributed by atoms with Gasteiger partial charge in [0.2, 0.25) is 0 Å². The van der Waals surface area contributed by atoms with Gasteiger partial charge < -0.3 is 4.57 Å². The van der Waals surface area contributed by atoms with E-state index in [0.717, 1.165) is 72.3 Å². The predicted octanol–water partition coefficient (Wildman–Crippen LogP) is 10.2. The van der Waals surface area contributed by atoms with Crippen molar-refractivity contribution in [3.63, 3.8) is 0 Å². The molecule has 0 aliphatic heterocycles. The van der Waals surface area contributed by atoms with E-state index >= 15 is 0 Å². The molecule has 0 amide bonds. The van der Waals surface area contributed by atoms with E-state index in [1.165, 1.54) is 21.5 Å². The van der Waals surface area contributed by atoms with Gasteiger partial charge in [0.05, 0.1) is 51.0 Å². The molecule has 6 nitrogen and oxygen atoms in total. The summed E-state index contributed by atoms with van der Waals surface area (Å²) in [4.78, 5) is 23.6. The average molecular weight is 627 g/mol. The van der Waals surface area contributed by atoms with Crippen molar-refractivity contribution in [3.8, 4) is 39.5 Å². The van der Waals surface area contributed by atoms with Crippen molar-refractivity contribution in [2.24, 2.45) is 0 Å². The molecule has 4 aromatic carbocycles. The van der Waals surface area contributed by atoms with Crippen LogP contribution in [0.4, 0.5) is 0 Å². The van der Waals surface area contributed by atoms with E-state index in [-0.39, 0.29) is 0 Å². The van der Waals surface area contributed by atoms with Gasteiger partial charge in [-0.15, -0.1) is 0 Å². The first-order chi connectivity index (χ1) is 24.3. The zero-order valence-electron chi connectivity index (χ0n) is 26.2. The molecule has 49 heavy (non-hydrogen) atoms. The molecule has 0 atom stereocenters. The summed E-state index contributed by atoms with van der Waals surface area (Å²) in [6.07, 6.45) is 9.35. The van der Waals surface area contributed by atoms with Crippen LogP contribution < -0.4 is 0 Å². The van der Waals surface area contributed by atoms with Crippen molar-refractivity contribution < 1.29 is 0 Å². The summed E-state index contributed by atoms with van der Waals surface area (Å²) in [6.45, 7) is 0. The summed E-state index contributed by atoms with van der Waals surface area (Å²) in [5.41, 5.74) is 10.9. The van der Waals surface area contributed by atoms with Gasteiger partial charge in [-0.05, 0) is 83.1 Å². The predicted molar refractivity (Wildman–Crippen MR) is 199 cm³/mol. The molecule has 10 rings (SSSR count). The van der Waals surface area contributed by atoms with Gasteiger partial charge in [-0.1, -0.05) is 60.7 Å². The van der Waals surface area contributed by atoms with Gasteiger partial charge in [0.25, 0.3) is 0 Å². The molecule has 0 fully saturated rings. The third-order valence-corrected chi connectivity index (χ3v) is 9.42. The Morgan fingerprint density at radius 2 is 1.14 bits per heavy atom. The highest BCUT2D eigenvalue weighted by Crippen LogP contribution is 2.39. The highest BCUT2D eigenvalue weighted by molar-refractivity contribution is 6.22. The standard InChI is InChI=1S/C43H26N6/c1-2-9-32-27(7-1)13-19-40-41(32)35-23-28(14-18-39(35)49(40)31-15-17-38(48-26-31)37-11-3-4-20-44-37)36-16-12-30(25-47-36)34-24-29-8-5-21-45-42(29)43-33(34)10-6-22-46-43/h1-26H. The Labute approximate surface area is 281 Å². The van der Waals surface area contributed by atoms with Gasteiger partial charge in [0, 0.05) is 57.5 Å². The number of aromatic nitrogens is 6. The molecule has 228 valence electrons. The Morgan fingerprint density at radius 1 is 0.408 bits per heavy atom. The summed E-state index contributed by atoms with van der Waals surface area (Å²) >= 11 is 0. The Hall–Kier alpha value is -6.79. The first-order valence-corrected chi connectivity index (χ1v) is 16.2. The zero-order valence-corrected chi connectivity index (χ0v) is 26.2. The fraction of sp³-hybridized carbons (Fsp3) is 0. The van der Waals surface area contributed by atoms with Crippen molar-refractivity contribution in [2.45, 2.75) is 0 Å². The second kappa shape index (κ2) is 10.9. The largest absolute Gasteiger partial charge is 0.308 e. The molecule has 0 saturated heterocycles. The van der Waals surface area contributed by atoms with Gasteiger partial charge in [-0.3, -0.25) is 24.9 Å². The zero-order chi connectivity index (χ0) is 32.3. The lowest BCUT2D eigenvalue weighted by Crippen LogP contribution is -1.96. The second-order valence-electron chi connectivity index (χ2n) is 12.2. The smallest absolute Gasteiger partial charge is 0.0970 e. The highest BCUT2D eigenvalue weighted by Gasteiger charge is 2.17. The Balaban J connectivity index is 1.12. The van der Waals surface area contributed by atoms with Gasteiger partial charge in [-0.25, -0.2) is 0 Å². The van der Waals surface area contributed by atoms with Crippen LogP contribution in [0.25, 0.3) is 93.8 Å². The van der Waals surface area contributed by atoms with Gasteiger partial charge in [0.1, 0.15) is 0 Å². The summed E-state index contributed by atoms with van der Waals surface area (Å²) in [6, 6.07) is 44.3. The maximum atomic E-state index is 5.01. The van der Waals surface area contributed by atoms with Crippen molar-refractivity contribution in [2.75, 3.05) is 0 Å². The lowest BCUT2D eigenvalue weighted by Gasteiger charge is -2.10. The van der Waals surface area contributed by atoms with E-state index in [4.69, 9.17) is 9.97 Å². The van der Waals surface area contributed by atoms with Crippen LogP contribution in [0.5, 0.6) is 0 Å². The van der Waals surface area contributed by atoms with E-state index in [1.807, 2.05) is 61.2 Å². The molecule has 0 aliphatic rings. The molecule has 0 unspecified atom stereocenters. The minimum atomic E-state index is 0.844. The van der Waals surface area contributed by atoms with Crippen molar-refractivity contribution in [1.82, 2.24) is 29.5 Å². The number of pyridine rings is 5. The molecule has 0 N–H and O–H groups in total. The summed E-state index contributed by atoms with van der Waals surface area (Å²) < 4.78 is 2.31. The molecule has 0 bridgehead atoms. The fourth-order valence-electron chi connectivity index (χ4n) is 7.15. The lowest BCUT2D eigenvalue weighted by atomic mass is 9.98. The number of rotatable bonds is 4. The number of nitrogens with zero attached hydrogens (tertiary/aromatic N) is 6. The molecule has 0 spiro atoms. The molecular weight excluding hydrogens is 601 g/mol. The SMILES string of the molecule is c1ccc(-c2ccc(-n3c4ccc(-c5ccc(-c6cc7cccnc7c7ncccc67)cn5)cc4c4c5ccccc5ccc43)cn2)nc1. The van der Waals surface area contributed by atoms with Crippen LogP contribution in [-0.4, -0.2) is 29.5 Å². The van der Waals surface area contributed by atoms with Gasteiger partial charge >= 0.3 is 0 Å². The number of benzene rings is 4. The maximum absolute atomic E-state index is 5.01. The van der Waals surface area contributed by atoms with Crippen LogP contribution in [0.3, 0.4) is 0 Å². The maximum Gasteiger partial charge on any atom is 0.0970 e. The van der Waals surface area contributed by atoms with E-state index in [2.05, 4.69) is 111 Å². The fourth-order valence-corrected chi connectivity index (χ4v) is 7.15. The van der Waals surface area contributed by atoms with Crippen molar-refractivity contribution in [3.05, 3.63) is 158 Å². The molecule has 0 saturated carbocycles. The van der Waals surface area contributed by atoms with Crippen LogP contribution in [0, 0.1) is 0 Å². The molecular formula is C43H26N6. The number of hydrogen-bond acceptors (Lipinski definition) is 5. The first-order valence-electron chi connectivity index (χ1n) is 16.2. The average Bonchev–Trinajstić information content (AvgIpc) is 3.52. The summed E-state index contributed by atoms with van der Waals surface area (Å²) in [7, 11) is 0. The second-order valence-corrected chi connectivity index (χ2v) is 12.2. The van der Waals surface area contributed by atoms with Gasteiger partial charge in [0.15, 0.2) is 0 Å². The van der Waals surface area contributed by atoms with Gasteiger partial charge in [-0.2, -0.15) is 0 Å². The Morgan fingerprint density at radius 3 is 2.00 bits per heavy atom. The number of hydrogen-bond donors (Lipinski definition) is 0. The Kier molecular flexibility index (Phi) is 6.08.